The van der Waals surface area contributed by atoms with Crippen LogP contribution in [0.5, 0.6) is 0 Å². The molecule has 0 aromatic carbocycles. The second-order valence-corrected chi connectivity index (χ2v) is 3.59. The Morgan fingerprint density at radius 1 is 1.20 bits per heavy atom. The van der Waals surface area contributed by atoms with Crippen LogP contribution < -0.4 is 5.73 Å². The van der Waals surface area contributed by atoms with Crippen LogP contribution in [-0.2, 0) is 0 Å². The highest BCUT2D eigenvalue weighted by Gasteiger charge is 2.40. The number of rotatable bonds is 1. The van der Waals surface area contributed by atoms with E-state index < -0.39 is 12.2 Å². The van der Waals surface area contributed by atoms with Gasteiger partial charge in [0.15, 0.2) is 0 Å². The second-order valence-electron chi connectivity index (χ2n) is 3.59. The molecule has 1 saturated heterocycles. The minimum absolute atomic E-state index is 0. The first-order chi connectivity index (χ1) is 5.91. The highest BCUT2D eigenvalue weighted by Crippen LogP contribution is 2.26. The van der Waals surface area contributed by atoms with Crippen LogP contribution in [0.4, 0.5) is 13.2 Å². The lowest BCUT2D eigenvalue weighted by Gasteiger charge is -2.35. The predicted molar refractivity (Wildman–Crippen MR) is 58.8 cm³/mol. The van der Waals surface area contributed by atoms with E-state index >= 15 is 0 Å². The summed E-state index contributed by atoms with van der Waals surface area (Å²) in [5.41, 5.74) is 5.60. The van der Waals surface area contributed by atoms with E-state index in [9.17, 15) is 13.2 Å². The number of alkyl halides is 3. The Morgan fingerprint density at radius 3 is 1.93 bits per heavy atom. The summed E-state index contributed by atoms with van der Waals surface area (Å²) in [5, 5.41) is 0. The van der Waals surface area contributed by atoms with Crippen molar-refractivity contribution < 1.29 is 13.2 Å². The summed E-state index contributed by atoms with van der Waals surface area (Å²) in [7, 11) is 0. The summed E-state index contributed by atoms with van der Waals surface area (Å²) < 4.78 is 36.8. The van der Waals surface area contributed by atoms with Crippen LogP contribution in [0, 0.1) is 0 Å². The molecule has 1 rings (SSSR count). The van der Waals surface area contributed by atoms with Crippen LogP contribution in [0.1, 0.15) is 19.8 Å². The van der Waals surface area contributed by atoms with Crippen LogP contribution in [0.2, 0.25) is 0 Å². The SMILES string of the molecule is CC(N1CCC(N)CC1)C(F)(F)F.Cl.Cl. The van der Waals surface area contributed by atoms with Crippen LogP contribution in [0.15, 0.2) is 0 Å². The van der Waals surface area contributed by atoms with Gasteiger partial charge in [-0.2, -0.15) is 13.2 Å². The predicted octanol–water partition coefficient (Wildman–Crippen LogP) is 2.20. The van der Waals surface area contributed by atoms with Crippen LogP contribution in [-0.4, -0.2) is 36.2 Å². The van der Waals surface area contributed by atoms with Gasteiger partial charge in [0.05, 0.1) is 0 Å². The zero-order chi connectivity index (χ0) is 10.1. The van der Waals surface area contributed by atoms with Crippen molar-refractivity contribution in [1.82, 2.24) is 4.90 Å². The van der Waals surface area contributed by atoms with Crippen molar-refractivity contribution >= 4 is 24.8 Å². The number of nitrogens with two attached hydrogens (primary N) is 1. The number of nitrogens with zero attached hydrogens (tertiary/aromatic N) is 1. The van der Waals surface area contributed by atoms with E-state index in [1.807, 2.05) is 0 Å². The lowest BCUT2D eigenvalue weighted by molar-refractivity contribution is -0.181. The van der Waals surface area contributed by atoms with Crippen molar-refractivity contribution in [2.75, 3.05) is 13.1 Å². The molecular formula is C8H17Cl2F3N2. The first kappa shape index (κ1) is 17.7. The summed E-state index contributed by atoms with van der Waals surface area (Å²) in [6.45, 7) is 2.13. The van der Waals surface area contributed by atoms with Gasteiger partial charge < -0.3 is 5.73 Å². The smallest absolute Gasteiger partial charge is 0.328 e. The Morgan fingerprint density at radius 2 is 1.60 bits per heavy atom. The summed E-state index contributed by atoms with van der Waals surface area (Å²) in [4.78, 5) is 1.45. The van der Waals surface area contributed by atoms with E-state index in [2.05, 4.69) is 0 Å². The minimum Gasteiger partial charge on any atom is -0.328 e. The van der Waals surface area contributed by atoms with Crippen molar-refractivity contribution in [3.63, 3.8) is 0 Å². The molecule has 7 heteroatoms. The van der Waals surface area contributed by atoms with Gasteiger partial charge in [0.25, 0.3) is 0 Å². The molecule has 0 spiro atoms. The van der Waals surface area contributed by atoms with Crippen molar-refractivity contribution in [2.45, 2.75) is 38.0 Å². The van der Waals surface area contributed by atoms with Crippen LogP contribution >= 0.6 is 24.8 Å². The average Bonchev–Trinajstić information content (AvgIpc) is 2.03. The maximum atomic E-state index is 12.3. The average molecular weight is 269 g/mol. The molecule has 1 aliphatic rings. The Kier molecular flexibility index (Phi) is 7.99. The molecule has 0 aromatic rings. The zero-order valence-electron chi connectivity index (χ0n) is 8.46. The topological polar surface area (TPSA) is 29.3 Å². The Labute approximate surface area is 100 Å². The van der Waals surface area contributed by atoms with E-state index in [4.69, 9.17) is 5.73 Å². The fourth-order valence-corrected chi connectivity index (χ4v) is 1.51. The molecule has 15 heavy (non-hydrogen) atoms. The van der Waals surface area contributed by atoms with Gasteiger partial charge in [-0.25, -0.2) is 0 Å². The molecule has 1 unspecified atom stereocenters. The third-order valence-electron chi connectivity index (χ3n) is 2.60. The third-order valence-corrected chi connectivity index (χ3v) is 2.60. The quantitative estimate of drug-likeness (QED) is 0.790. The van der Waals surface area contributed by atoms with Gasteiger partial charge in [-0.15, -0.1) is 24.8 Å². The van der Waals surface area contributed by atoms with Crippen molar-refractivity contribution in [3.05, 3.63) is 0 Å². The van der Waals surface area contributed by atoms with Gasteiger partial charge in [-0.1, -0.05) is 0 Å². The van der Waals surface area contributed by atoms with Crippen molar-refractivity contribution in [2.24, 2.45) is 5.73 Å². The first-order valence-electron chi connectivity index (χ1n) is 4.47. The van der Waals surface area contributed by atoms with Crippen molar-refractivity contribution in [3.8, 4) is 0 Å². The Balaban J connectivity index is 0. The van der Waals surface area contributed by atoms with Gasteiger partial charge in [-0.05, 0) is 19.8 Å². The summed E-state index contributed by atoms with van der Waals surface area (Å²) in [6.07, 6.45) is -2.78. The minimum atomic E-state index is -4.11. The fraction of sp³-hybridized carbons (Fsp3) is 1.00. The number of piperidine rings is 1. The molecule has 2 nitrogen and oxygen atoms in total. The second kappa shape index (κ2) is 6.78. The first-order valence-corrected chi connectivity index (χ1v) is 4.47. The van der Waals surface area contributed by atoms with Crippen LogP contribution in [0.25, 0.3) is 0 Å². The molecule has 0 aromatic heterocycles. The summed E-state index contributed by atoms with van der Waals surface area (Å²) in [5.74, 6) is 0. The Hall–Kier alpha value is 0.290. The molecule has 1 aliphatic heterocycles. The monoisotopic (exact) mass is 268 g/mol. The van der Waals surface area contributed by atoms with Crippen molar-refractivity contribution in [1.29, 1.82) is 0 Å². The summed E-state index contributed by atoms with van der Waals surface area (Å²) >= 11 is 0. The normalized spacial score (nSPS) is 21.4. The molecule has 1 atom stereocenters. The maximum absolute atomic E-state index is 12.3. The highest BCUT2D eigenvalue weighted by molar-refractivity contribution is 5.85. The molecule has 0 aliphatic carbocycles. The molecule has 94 valence electrons. The molecule has 0 saturated carbocycles. The van der Waals surface area contributed by atoms with Gasteiger partial charge in [0.1, 0.15) is 6.04 Å². The number of halogens is 5. The molecule has 0 bridgehead atoms. The Bertz CT molecular complexity index is 170. The lowest BCUT2D eigenvalue weighted by atomic mass is 10.0. The van der Waals surface area contributed by atoms with E-state index in [-0.39, 0.29) is 30.9 Å². The zero-order valence-corrected chi connectivity index (χ0v) is 10.1. The van der Waals surface area contributed by atoms with Gasteiger partial charge in [0, 0.05) is 19.1 Å². The van der Waals surface area contributed by atoms with E-state index in [1.165, 1.54) is 11.8 Å². The molecule has 0 radical (unpaired) electrons. The number of hydrogen-bond acceptors (Lipinski definition) is 2. The van der Waals surface area contributed by atoms with E-state index in [0.717, 1.165) is 0 Å². The van der Waals surface area contributed by atoms with E-state index in [1.54, 1.807) is 0 Å². The van der Waals surface area contributed by atoms with Gasteiger partial charge in [-0.3, -0.25) is 4.90 Å². The number of hydrogen-bond donors (Lipinski definition) is 1. The largest absolute Gasteiger partial charge is 0.403 e. The molecule has 0 amide bonds. The summed E-state index contributed by atoms with van der Waals surface area (Å²) in [6, 6.07) is -1.25. The molecule has 2 N–H and O–H groups in total. The van der Waals surface area contributed by atoms with E-state index in [0.29, 0.717) is 25.9 Å². The third kappa shape index (κ3) is 5.24. The highest BCUT2D eigenvalue weighted by atomic mass is 35.5. The van der Waals surface area contributed by atoms with Gasteiger partial charge >= 0.3 is 6.18 Å². The number of likely N-dealkylation sites (tertiary alicyclic amines) is 1. The fourth-order valence-electron chi connectivity index (χ4n) is 1.51. The lowest BCUT2D eigenvalue weighted by Crippen LogP contribution is -2.49. The molecule has 1 heterocycles. The molecule has 1 fully saturated rings. The standard InChI is InChI=1S/C8H15F3N2.2ClH/c1-6(8(9,10)11)13-4-2-7(12)3-5-13;;/h6-7H,2-5,12H2,1H3;2*1H. The molecular weight excluding hydrogens is 252 g/mol. The van der Waals surface area contributed by atoms with Gasteiger partial charge in [0.2, 0.25) is 0 Å². The maximum Gasteiger partial charge on any atom is 0.403 e. The van der Waals surface area contributed by atoms with Crippen LogP contribution in [0.3, 0.4) is 0 Å².